The van der Waals surface area contributed by atoms with Crippen molar-refractivity contribution in [2.45, 2.75) is 65.3 Å². The molecule has 0 radical (unpaired) electrons. The van der Waals surface area contributed by atoms with E-state index in [-0.39, 0.29) is 5.91 Å². The lowest BCUT2D eigenvalue weighted by molar-refractivity contribution is -0.122. The first-order valence-electron chi connectivity index (χ1n) is 7.63. The van der Waals surface area contributed by atoms with Gasteiger partial charge >= 0.3 is 0 Å². The van der Waals surface area contributed by atoms with E-state index in [1.807, 2.05) is 0 Å². The summed E-state index contributed by atoms with van der Waals surface area (Å²) in [5, 5.41) is 3.22. The van der Waals surface area contributed by atoms with Crippen LogP contribution in [0.15, 0.2) is 0 Å². The van der Waals surface area contributed by atoms with Gasteiger partial charge in [0, 0.05) is 19.0 Å². The van der Waals surface area contributed by atoms with E-state index in [9.17, 15) is 4.79 Å². The van der Waals surface area contributed by atoms with Crippen LogP contribution in [0.4, 0.5) is 0 Å². The van der Waals surface area contributed by atoms with Gasteiger partial charge < -0.3 is 10.2 Å². The topological polar surface area (TPSA) is 32.3 Å². The van der Waals surface area contributed by atoms with Gasteiger partial charge in [-0.05, 0) is 38.3 Å². The van der Waals surface area contributed by atoms with E-state index in [1.54, 1.807) is 0 Å². The first-order chi connectivity index (χ1) is 8.61. The molecule has 1 aliphatic heterocycles. The fourth-order valence-electron chi connectivity index (χ4n) is 2.58. The first-order valence-corrected chi connectivity index (χ1v) is 7.63. The second-order valence-corrected chi connectivity index (χ2v) is 6.01. The number of nitrogens with one attached hydrogen (secondary N) is 1. The molecule has 1 atom stereocenters. The predicted molar refractivity (Wildman–Crippen MR) is 76.6 cm³/mol. The quantitative estimate of drug-likeness (QED) is 0.790. The van der Waals surface area contributed by atoms with E-state index < -0.39 is 0 Å². The maximum absolute atomic E-state index is 11.8. The van der Waals surface area contributed by atoms with E-state index >= 15 is 0 Å². The molecule has 0 aromatic rings. The molecule has 1 amide bonds. The number of hydrogen-bond donors (Lipinski definition) is 1. The molecule has 1 heterocycles. The first kappa shape index (κ1) is 15.5. The van der Waals surface area contributed by atoms with Crippen LogP contribution in [0.3, 0.4) is 0 Å². The summed E-state index contributed by atoms with van der Waals surface area (Å²) >= 11 is 0. The zero-order valence-corrected chi connectivity index (χ0v) is 12.4. The van der Waals surface area contributed by atoms with Gasteiger partial charge in [0.15, 0.2) is 0 Å². The molecule has 0 aromatic carbocycles. The third-order valence-corrected chi connectivity index (χ3v) is 3.54. The largest absolute Gasteiger partial charge is 0.352 e. The van der Waals surface area contributed by atoms with Crippen LogP contribution in [0.25, 0.3) is 0 Å². The lowest BCUT2D eigenvalue weighted by Gasteiger charge is -2.25. The molecule has 1 saturated heterocycles. The number of unbranched alkanes of at least 4 members (excludes halogenated alkanes) is 1. The molecule has 1 unspecified atom stereocenters. The Bertz CT molecular complexity index is 241. The number of carbonyl (C=O) groups excluding carboxylic acids is 1. The summed E-state index contributed by atoms with van der Waals surface area (Å²) in [6, 6.07) is 0.371. The van der Waals surface area contributed by atoms with Crippen molar-refractivity contribution in [2.75, 3.05) is 19.6 Å². The Hall–Kier alpha value is -0.570. The highest BCUT2D eigenvalue weighted by molar-refractivity contribution is 5.76. The van der Waals surface area contributed by atoms with Crippen LogP contribution in [0.1, 0.15) is 59.3 Å². The smallest absolute Gasteiger partial charge is 0.220 e. The van der Waals surface area contributed by atoms with Gasteiger partial charge in [-0.1, -0.05) is 33.6 Å². The standard InChI is InChI=1S/C15H30N2O/c1-4-5-9-17-10-7-6-8-14(12-17)16-15(18)11-13(2)3/h13-14H,4-12H2,1-3H3,(H,16,18). The number of rotatable bonds is 6. The van der Waals surface area contributed by atoms with Crippen molar-refractivity contribution in [3.05, 3.63) is 0 Å². The Morgan fingerprint density at radius 3 is 2.83 bits per heavy atom. The average Bonchev–Trinajstić information content (AvgIpc) is 2.50. The summed E-state index contributed by atoms with van der Waals surface area (Å²) in [7, 11) is 0. The Labute approximate surface area is 112 Å². The summed E-state index contributed by atoms with van der Waals surface area (Å²) in [6.07, 6.45) is 6.85. The Morgan fingerprint density at radius 2 is 2.17 bits per heavy atom. The van der Waals surface area contributed by atoms with Gasteiger partial charge in [-0.3, -0.25) is 4.79 Å². The van der Waals surface area contributed by atoms with E-state index in [0.717, 1.165) is 13.0 Å². The molecule has 1 rings (SSSR count). The van der Waals surface area contributed by atoms with Crippen molar-refractivity contribution < 1.29 is 4.79 Å². The van der Waals surface area contributed by atoms with Crippen molar-refractivity contribution in [1.82, 2.24) is 10.2 Å². The molecule has 1 N–H and O–H groups in total. The van der Waals surface area contributed by atoms with Gasteiger partial charge in [0.1, 0.15) is 0 Å². The minimum Gasteiger partial charge on any atom is -0.352 e. The highest BCUT2D eigenvalue weighted by atomic mass is 16.1. The fraction of sp³-hybridized carbons (Fsp3) is 0.933. The highest BCUT2D eigenvalue weighted by Gasteiger charge is 2.19. The fourth-order valence-corrected chi connectivity index (χ4v) is 2.58. The third kappa shape index (κ3) is 6.39. The molecule has 0 bridgehead atoms. The molecule has 0 aromatic heterocycles. The number of nitrogens with zero attached hydrogens (tertiary/aromatic N) is 1. The van der Waals surface area contributed by atoms with Crippen LogP contribution in [-0.2, 0) is 4.79 Å². The Balaban J connectivity index is 2.36. The molecule has 106 valence electrons. The van der Waals surface area contributed by atoms with Gasteiger partial charge in [0.25, 0.3) is 0 Å². The molecular formula is C15H30N2O. The lowest BCUT2D eigenvalue weighted by atomic mass is 10.1. The Kier molecular flexibility index (Phi) is 7.33. The number of hydrogen-bond acceptors (Lipinski definition) is 2. The third-order valence-electron chi connectivity index (χ3n) is 3.54. The minimum atomic E-state index is 0.229. The van der Waals surface area contributed by atoms with Crippen LogP contribution < -0.4 is 5.32 Å². The summed E-state index contributed by atoms with van der Waals surface area (Å²) in [5.74, 6) is 0.680. The second-order valence-electron chi connectivity index (χ2n) is 6.01. The van der Waals surface area contributed by atoms with Crippen molar-refractivity contribution in [2.24, 2.45) is 5.92 Å². The van der Waals surface area contributed by atoms with E-state index in [2.05, 4.69) is 31.0 Å². The molecule has 0 saturated carbocycles. The van der Waals surface area contributed by atoms with Gasteiger partial charge in [0.05, 0.1) is 0 Å². The van der Waals surface area contributed by atoms with Crippen LogP contribution in [0.5, 0.6) is 0 Å². The summed E-state index contributed by atoms with van der Waals surface area (Å²) < 4.78 is 0. The minimum absolute atomic E-state index is 0.229. The number of likely N-dealkylation sites (tertiary alicyclic amines) is 1. The van der Waals surface area contributed by atoms with Gasteiger partial charge in [-0.15, -0.1) is 0 Å². The molecule has 3 nitrogen and oxygen atoms in total. The second kappa shape index (κ2) is 8.52. The summed E-state index contributed by atoms with van der Waals surface area (Å²) in [5.41, 5.74) is 0. The van der Waals surface area contributed by atoms with Crippen molar-refractivity contribution >= 4 is 5.91 Å². The Morgan fingerprint density at radius 1 is 1.39 bits per heavy atom. The molecule has 0 aliphatic carbocycles. The molecule has 1 aliphatic rings. The van der Waals surface area contributed by atoms with Crippen LogP contribution in [0.2, 0.25) is 0 Å². The molecule has 1 fully saturated rings. The maximum Gasteiger partial charge on any atom is 0.220 e. The monoisotopic (exact) mass is 254 g/mol. The lowest BCUT2D eigenvalue weighted by Crippen LogP contribution is -2.43. The van der Waals surface area contributed by atoms with Crippen molar-refractivity contribution in [1.29, 1.82) is 0 Å². The van der Waals surface area contributed by atoms with Crippen LogP contribution >= 0.6 is 0 Å². The summed E-state index contributed by atoms with van der Waals surface area (Å²) in [4.78, 5) is 14.3. The summed E-state index contributed by atoms with van der Waals surface area (Å²) in [6.45, 7) is 9.87. The van der Waals surface area contributed by atoms with Gasteiger partial charge in [0.2, 0.25) is 5.91 Å². The molecule has 18 heavy (non-hydrogen) atoms. The van der Waals surface area contributed by atoms with E-state index in [0.29, 0.717) is 18.4 Å². The van der Waals surface area contributed by atoms with Crippen LogP contribution in [0, 0.1) is 5.92 Å². The normalized spacial score (nSPS) is 21.9. The maximum atomic E-state index is 11.8. The van der Waals surface area contributed by atoms with Crippen molar-refractivity contribution in [3.8, 4) is 0 Å². The van der Waals surface area contributed by atoms with Crippen molar-refractivity contribution in [3.63, 3.8) is 0 Å². The molecule has 0 spiro atoms. The number of amides is 1. The zero-order chi connectivity index (χ0) is 13.4. The van der Waals surface area contributed by atoms with Gasteiger partial charge in [-0.25, -0.2) is 0 Å². The zero-order valence-electron chi connectivity index (χ0n) is 12.4. The SMILES string of the molecule is CCCCN1CCCCC(NC(=O)CC(C)C)C1. The van der Waals surface area contributed by atoms with Gasteiger partial charge in [-0.2, -0.15) is 0 Å². The molecular weight excluding hydrogens is 224 g/mol. The predicted octanol–water partition coefficient (Wildman–Crippen LogP) is 2.80. The van der Waals surface area contributed by atoms with Crippen LogP contribution in [-0.4, -0.2) is 36.5 Å². The highest BCUT2D eigenvalue weighted by Crippen LogP contribution is 2.12. The molecule has 3 heteroatoms. The van der Waals surface area contributed by atoms with E-state index in [4.69, 9.17) is 0 Å². The number of carbonyl (C=O) groups is 1. The van der Waals surface area contributed by atoms with E-state index in [1.165, 1.54) is 38.8 Å². The average molecular weight is 254 g/mol.